The molecule has 0 N–H and O–H groups in total. The highest BCUT2D eigenvalue weighted by Crippen LogP contribution is 2.21. The first-order chi connectivity index (χ1) is 12.2. The van der Waals surface area contributed by atoms with Crippen LogP contribution in [0, 0.1) is 0 Å². The maximum atomic E-state index is 13.0. The Labute approximate surface area is 159 Å². The molecule has 0 aliphatic carbocycles. The number of hydrogen-bond donors (Lipinski definition) is 0. The fourth-order valence-electron chi connectivity index (χ4n) is 2.50. The van der Waals surface area contributed by atoms with E-state index in [4.69, 9.17) is 15.8 Å². The fourth-order valence-corrected chi connectivity index (χ4v) is 3.15. The Bertz CT molecular complexity index is 883. The van der Waals surface area contributed by atoms with Crippen molar-refractivity contribution in [3.63, 3.8) is 0 Å². The third kappa shape index (κ3) is 5.75. The van der Waals surface area contributed by atoms with Crippen LogP contribution >= 0.6 is 11.6 Å². The average Bonchev–Trinajstić information content (AvgIpc) is 2.57. The lowest BCUT2D eigenvalue weighted by Gasteiger charge is -2.29. The summed E-state index contributed by atoms with van der Waals surface area (Å²) in [6.45, 7) is 4.31. The van der Waals surface area contributed by atoms with Gasteiger partial charge in [-0.15, -0.1) is 0 Å². The van der Waals surface area contributed by atoms with Crippen LogP contribution in [-0.2, 0) is 16.7 Å². The maximum Gasteiger partial charge on any atom is 0.306 e. The zero-order valence-electron chi connectivity index (χ0n) is 15.0. The van der Waals surface area contributed by atoms with Gasteiger partial charge in [0.1, 0.15) is 5.75 Å². The van der Waals surface area contributed by atoms with Gasteiger partial charge in [-0.3, -0.25) is 4.79 Å². The Morgan fingerprint density at radius 2 is 1.88 bits per heavy atom. The second kappa shape index (κ2) is 8.56. The van der Waals surface area contributed by atoms with Crippen LogP contribution in [0.15, 0.2) is 48.5 Å². The van der Waals surface area contributed by atoms with E-state index in [9.17, 15) is 13.2 Å². The van der Waals surface area contributed by atoms with Gasteiger partial charge >= 0.3 is 10.1 Å². The van der Waals surface area contributed by atoms with Gasteiger partial charge in [0.05, 0.1) is 6.26 Å². The minimum absolute atomic E-state index is 0.000893. The van der Waals surface area contributed by atoms with Crippen LogP contribution in [0.4, 0.5) is 0 Å². The molecule has 140 valence electrons. The van der Waals surface area contributed by atoms with Crippen LogP contribution in [0.1, 0.15) is 36.2 Å². The molecule has 5 nitrogen and oxygen atoms in total. The minimum atomic E-state index is -3.60. The first-order valence-electron chi connectivity index (χ1n) is 8.24. The van der Waals surface area contributed by atoms with Crippen LogP contribution in [0.3, 0.4) is 0 Å². The number of carbonyl (C=O) groups excluding carboxylic acids is 1. The van der Waals surface area contributed by atoms with E-state index in [2.05, 4.69) is 0 Å². The summed E-state index contributed by atoms with van der Waals surface area (Å²) in [6.07, 6.45) is 1.78. The molecule has 0 fully saturated rings. The second-order valence-electron chi connectivity index (χ2n) is 6.14. The summed E-state index contributed by atoms with van der Waals surface area (Å²) in [5.74, 6) is 0.0978. The molecule has 1 amide bonds. The predicted octanol–water partition coefficient (Wildman–Crippen LogP) is 4.12. The average molecular weight is 396 g/mol. The van der Waals surface area contributed by atoms with Gasteiger partial charge in [0.2, 0.25) is 0 Å². The topological polar surface area (TPSA) is 63.7 Å². The standard InChI is InChI=1S/C19H22ClNO4S/c1-4-14(2)21(19(22)16-8-6-9-17(20)12-16)13-15-7-5-10-18(11-15)25-26(3,23)24/h5-12,14H,4,13H2,1-3H3/t14-/m1/s1. The molecule has 0 spiro atoms. The molecule has 0 radical (unpaired) electrons. The van der Waals surface area contributed by atoms with E-state index >= 15 is 0 Å². The summed E-state index contributed by atoms with van der Waals surface area (Å²) in [7, 11) is -3.60. The SMILES string of the molecule is CC[C@@H](C)N(Cc1cccc(OS(C)(=O)=O)c1)C(=O)c1cccc(Cl)c1. The summed E-state index contributed by atoms with van der Waals surface area (Å²) in [5, 5.41) is 0.503. The zero-order valence-corrected chi connectivity index (χ0v) is 16.5. The van der Waals surface area contributed by atoms with E-state index in [1.165, 1.54) is 0 Å². The van der Waals surface area contributed by atoms with E-state index in [1.807, 2.05) is 19.9 Å². The molecule has 0 saturated carbocycles. The number of benzene rings is 2. The van der Waals surface area contributed by atoms with Gasteiger partial charge in [-0.2, -0.15) is 8.42 Å². The minimum Gasteiger partial charge on any atom is -0.383 e. The number of nitrogens with zero attached hydrogens (tertiary/aromatic N) is 1. The van der Waals surface area contributed by atoms with Crippen molar-refractivity contribution in [2.75, 3.05) is 6.26 Å². The number of carbonyl (C=O) groups is 1. The van der Waals surface area contributed by atoms with Gasteiger partial charge in [-0.05, 0) is 49.2 Å². The van der Waals surface area contributed by atoms with Gasteiger partial charge in [0.15, 0.2) is 0 Å². The normalized spacial score (nSPS) is 12.5. The Morgan fingerprint density at radius 1 is 1.19 bits per heavy atom. The van der Waals surface area contributed by atoms with Crippen molar-refractivity contribution in [1.82, 2.24) is 4.90 Å². The lowest BCUT2D eigenvalue weighted by Crippen LogP contribution is -2.37. The van der Waals surface area contributed by atoms with Gasteiger partial charge < -0.3 is 9.08 Å². The molecule has 0 aromatic heterocycles. The Morgan fingerprint density at radius 3 is 2.50 bits per heavy atom. The quantitative estimate of drug-likeness (QED) is 0.661. The van der Waals surface area contributed by atoms with E-state index in [0.29, 0.717) is 17.1 Å². The molecule has 0 saturated heterocycles. The molecule has 26 heavy (non-hydrogen) atoms. The molecule has 2 aromatic carbocycles. The summed E-state index contributed by atoms with van der Waals surface area (Å²) in [5.41, 5.74) is 1.29. The number of rotatable bonds is 7. The van der Waals surface area contributed by atoms with E-state index in [0.717, 1.165) is 18.2 Å². The van der Waals surface area contributed by atoms with Gasteiger partial charge in [-0.1, -0.05) is 36.7 Å². The molecule has 2 rings (SSSR count). The van der Waals surface area contributed by atoms with Crippen molar-refractivity contribution in [3.8, 4) is 5.75 Å². The highest BCUT2D eigenvalue weighted by Gasteiger charge is 2.21. The molecule has 1 atom stereocenters. The Hall–Kier alpha value is -2.05. The first kappa shape index (κ1) is 20.3. The van der Waals surface area contributed by atoms with E-state index < -0.39 is 10.1 Å². The monoisotopic (exact) mass is 395 g/mol. The highest BCUT2D eigenvalue weighted by atomic mass is 35.5. The van der Waals surface area contributed by atoms with Crippen molar-refractivity contribution in [3.05, 3.63) is 64.7 Å². The van der Waals surface area contributed by atoms with Crippen molar-refractivity contribution in [1.29, 1.82) is 0 Å². The predicted molar refractivity (Wildman–Crippen MR) is 103 cm³/mol. The summed E-state index contributed by atoms with van der Waals surface area (Å²) in [4.78, 5) is 14.7. The lowest BCUT2D eigenvalue weighted by atomic mass is 10.1. The van der Waals surface area contributed by atoms with Crippen LogP contribution in [0.25, 0.3) is 0 Å². The van der Waals surface area contributed by atoms with Crippen molar-refractivity contribution < 1.29 is 17.4 Å². The van der Waals surface area contributed by atoms with Crippen molar-refractivity contribution in [2.24, 2.45) is 0 Å². The third-order valence-electron chi connectivity index (χ3n) is 3.95. The Kier molecular flexibility index (Phi) is 6.67. The van der Waals surface area contributed by atoms with Gasteiger partial charge in [0.25, 0.3) is 5.91 Å². The molecule has 2 aromatic rings. The van der Waals surface area contributed by atoms with Crippen LogP contribution in [0.2, 0.25) is 5.02 Å². The summed E-state index contributed by atoms with van der Waals surface area (Å²) < 4.78 is 27.6. The van der Waals surface area contributed by atoms with E-state index in [1.54, 1.807) is 47.4 Å². The highest BCUT2D eigenvalue weighted by molar-refractivity contribution is 7.86. The number of amides is 1. The molecule has 0 aliphatic heterocycles. The van der Waals surface area contributed by atoms with Gasteiger partial charge in [-0.25, -0.2) is 0 Å². The number of hydrogen-bond acceptors (Lipinski definition) is 4. The van der Waals surface area contributed by atoms with Gasteiger partial charge in [0, 0.05) is 23.2 Å². The van der Waals surface area contributed by atoms with Crippen LogP contribution in [0.5, 0.6) is 5.75 Å². The first-order valence-corrected chi connectivity index (χ1v) is 10.4. The van der Waals surface area contributed by atoms with Crippen molar-refractivity contribution in [2.45, 2.75) is 32.9 Å². The molecule has 0 heterocycles. The molecular weight excluding hydrogens is 374 g/mol. The lowest BCUT2D eigenvalue weighted by molar-refractivity contribution is 0.0671. The molecule has 7 heteroatoms. The second-order valence-corrected chi connectivity index (χ2v) is 8.15. The fraction of sp³-hybridized carbons (Fsp3) is 0.316. The van der Waals surface area contributed by atoms with E-state index in [-0.39, 0.29) is 17.7 Å². The zero-order chi connectivity index (χ0) is 19.3. The summed E-state index contributed by atoms with van der Waals surface area (Å²) >= 11 is 6.01. The van der Waals surface area contributed by atoms with Crippen LogP contribution in [-0.4, -0.2) is 31.5 Å². The summed E-state index contributed by atoms with van der Waals surface area (Å²) in [6, 6.07) is 13.6. The molecule has 0 aliphatic rings. The van der Waals surface area contributed by atoms with Crippen LogP contribution < -0.4 is 4.18 Å². The molecular formula is C19H22ClNO4S. The van der Waals surface area contributed by atoms with Crippen molar-refractivity contribution >= 4 is 27.6 Å². The third-order valence-corrected chi connectivity index (χ3v) is 4.68. The largest absolute Gasteiger partial charge is 0.383 e. The number of halogens is 1. The molecule has 0 unspecified atom stereocenters. The Balaban J connectivity index is 2.28. The smallest absolute Gasteiger partial charge is 0.306 e. The maximum absolute atomic E-state index is 13.0. The molecule has 0 bridgehead atoms.